The molecule has 94 valence electrons. The summed E-state index contributed by atoms with van der Waals surface area (Å²) >= 11 is 0. The van der Waals surface area contributed by atoms with E-state index >= 15 is 0 Å². The van der Waals surface area contributed by atoms with Gasteiger partial charge >= 0.3 is 0 Å². The number of aliphatic hydroxyl groups excluding tert-OH is 1. The Morgan fingerprint density at radius 1 is 1.18 bits per heavy atom. The molecule has 1 aromatic rings. The van der Waals surface area contributed by atoms with Crippen molar-refractivity contribution in [3.63, 3.8) is 0 Å². The highest BCUT2D eigenvalue weighted by molar-refractivity contribution is 5.50. The lowest BCUT2D eigenvalue weighted by atomic mass is 9.93. The van der Waals surface area contributed by atoms with Crippen molar-refractivity contribution in [1.29, 1.82) is 0 Å². The van der Waals surface area contributed by atoms with E-state index < -0.39 is 6.17 Å². The molecule has 3 nitrogen and oxygen atoms in total. The molecule has 2 unspecified atom stereocenters. The molecule has 1 aromatic carbocycles. The Bertz CT molecular complexity index is 404. The third kappa shape index (κ3) is 2.36. The summed E-state index contributed by atoms with van der Waals surface area (Å²) in [6.45, 7) is 4.32. The van der Waals surface area contributed by atoms with Crippen LogP contribution in [0.25, 0.3) is 0 Å². The van der Waals surface area contributed by atoms with Gasteiger partial charge in [-0.25, -0.2) is 4.39 Å². The fourth-order valence-electron chi connectivity index (χ4n) is 1.99. The van der Waals surface area contributed by atoms with Crippen molar-refractivity contribution in [2.45, 2.75) is 25.9 Å². The first-order valence-electron chi connectivity index (χ1n) is 5.82. The van der Waals surface area contributed by atoms with Crippen LogP contribution < -0.4 is 9.47 Å². The molecule has 4 heteroatoms. The molecule has 0 saturated heterocycles. The zero-order chi connectivity index (χ0) is 12.4. The Morgan fingerprint density at radius 2 is 1.71 bits per heavy atom. The number of benzene rings is 1. The van der Waals surface area contributed by atoms with Gasteiger partial charge in [0.05, 0.1) is 0 Å². The van der Waals surface area contributed by atoms with Gasteiger partial charge in [-0.2, -0.15) is 0 Å². The van der Waals surface area contributed by atoms with E-state index in [1.54, 1.807) is 12.1 Å². The molecule has 0 radical (unpaired) electrons. The monoisotopic (exact) mass is 240 g/mol. The minimum Gasteiger partial charge on any atom is -0.486 e. The maximum atomic E-state index is 13.6. The molecule has 17 heavy (non-hydrogen) atoms. The van der Waals surface area contributed by atoms with Gasteiger partial charge < -0.3 is 14.6 Å². The Hall–Kier alpha value is -1.29. The quantitative estimate of drug-likeness (QED) is 0.882. The van der Waals surface area contributed by atoms with Crippen LogP contribution in [0.3, 0.4) is 0 Å². The fourth-order valence-corrected chi connectivity index (χ4v) is 1.99. The summed E-state index contributed by atoms with van der Waals surface area (Å²) < 4.78 is 24.5. The van der Waals surface area contributed by atoms with Crippen LogP contribution >= 0.6 is 0 Å². The molecule has 0 spiro atoms. The topological polar surface area (TPSA) is 38.7 Å². The van der Waals surface area contributed by atoms with Crippen molar-refractivity contribution >= 4 is 0 Å². The second kappa shape index (κ2) is 4.92. The largest absolute Gasteiger partial charge is 0.486 e. The second-order valence-corrected chi connectivity index (χ2v) is 4.32. The molecule has 1 heterocycles. The van der Waals surface area contributed by atoms with Gasteiger partial charge in [-0.05, 0) is 30.2 Å². The Kier molecular flexibility index (Phi) is 3.52. The van der Waals surface area contributed by atoms with Crippen LogP contribution in [0.15, 0.2) is 12.1 Å². The Labute approximate surface area is 100 Å². The van der Waals surface area contributed by atoms with E-state index in [-0.39, 0.29) is 12.5 Å². The molecular formula is C13H17FO3. The van der Waals surface area contributed by atoms with Gasteiger partial charge in [0.15, 0.2) is 11.5 Å². The molecule has 0 bridgehead atoms. The molecule has 0 aliphatic carbocycles. The summed E-state index contributed by atoms with van der Waals surface area (Å²) in [5.41, 5.74) is 1.35. The number of fused-ring (bicyclic) bond motifs is 1. The fraction of sp³-hybridized carbons (Fsp3) is 0.538. The van der Waals surface area contributed by atoms with Gasteiger partial charge in [0, 0.05) is 12.5 Å². The number of alkyl halides is 1. The average Bonchev–Trinajstić information content (AvgIpc) is 2.36. The second-order valence-electron chi connectivity index (χ2n) is 4.32. The number of rotatable bonds is 3. The van der Waals surface area contributed by atoms with Crippen molar-refractivity contribution in [2.75, 3.05) is 19.8 Å². The van der Waals surface area contributed by atoms with Crippen molar-refractivity contribution in [1.82, 2.24) is 0 Å². The highest BCUT2D eigenvalue weighted by atomic mass is 19.1. The molecule has 1 aliphatic heterocycles. The third-order valence-electron chi connectivity index (χ3n) is 2.98. The summed E-state index contributed by atoms with van der Waals surface area (Å²) in [4.78, 5) is 0. The standard InChI is InChI=1S/C13H17FO3/c1-8(7-15)10-5-12-13(17-4-3-16-12)6-11(10)9(2)14/h5-6,8-9,15H,3-4,7H2,1-2H3. The van der Waals surface area contributed by atoms with Crippen LogP contribution in [0.1, 0.15) is 37.1 Å². The first-order valence-corrected chi connectivity index (χ1v) is 5.82. The maximum Gasteiger partial charge on any atom is 0.161 e. The summed E-state index contributed by atoms with van der Waals surface area (Å²) in [6, 6.07) is 3.46. The smallest absolute Gasteiger partial charge is 0.161 e. The van der Waals surface area contributed by atoms with Gasteiger partial charge in [0.1, 0.15) is 19.4 Å². The van der Waals surface area contributed by atoms with Gasteiger partial charge in [0.2, 0.25) is 0 Å². The molecule has 2 atom stereocenters. The SMILES string of the molecule is CC(F)c1cc2c(cc1C(C)CO)OCCO2. The van der Waals surface area contributed by atoms with Crippen molar-refractivity contribution < 1.29 is 19.0 Å². The van der Waals surface area contributed by atoms with Crippen molar-refractivity contribution in [2.24, 2.45) is 0 Å². The first-order chi connectivity index (χ1) is 8.13. The lowest BCUT2D eigenvalue weighted by molar-refractivity contribution is 0.170. The molecule has 1 N–H and O–H groups in total. The zero-order valence-electron chi connectivity index (χ0n) is 10.1. The predicted octanol–water partition coefficient (Wildman–Crippen LogP) is 2.58. The zero-order valence-corrected chi connectivity index (χ0v) is 10.1. The van der Waals surface area contributed by atoms with E-state index in [9.17, 15) is 9.50 Å². The van der Waals surface area contributed by atoms with E-state index in [1.807, 2.05) is 6.92 Å². The summed E-state index contributed by atoms with van der Waals surface area (Å²) in [6.07, 6.45) is -1.09. The molecule has 1 aliphatic rings. The average molecular weight is 240 g/mol. The van der Waals surface area contributed by atoms with E-state index in [0.717, 1.165) is 5.56 Å². The van der Waals surface area contributed by atoms with Crippen molar-refractivity contribution in [3.05, 3.63) is 23.3 Å². The van der Waals surface area contributed by atoms with E-state index in [4.69, 9.17) is 9.47 Å². The third-order valence-corrected chi connectivity index (χ3v) is 2.98. The number of ether oxygens (including phenoxy) is 2. The first kappa shape index (κ1) is 12.2. The van der Waals surface area contributed by atoms with Gasteiger partial charge in [-0.15, -0.1) is 0 Å². The normalized spacial score (nSPS) is 17.6. The lowest BCUT2D eigenvalue weighted by Gasteiger charge is -2.23. The molecule has 0 saturated carbocycles. The van der Waals surface area contributed by atoms with Gasteiger partial charge in [-0.3, -0.25) is 0 Å². The molecule has 2 rings (SSSR count). The van der Waals surface area contributed by atoms with Gasteiger partial charge in [-0.1, -0.05) is 6.92 Å². The van der Waals surface area contributed by atoms with Crippen LogP contribution in [0, 0.1) is 0 Å². The molecule has 0 fully saturated rings. The molecular weight excluding hydrogens is 223 g/mol. The number of hydrogen-bond donors (Lipinski definition) is 1. The lowest BCUT2D eigenvalue weighted by Crippen LogP contribution is -2.17. The Balaban J connectivity index is 2.48. The summed E-state index contributed by atoms with van der Waals surface area (Å²) in [7, 11) is 0. The predicted molar refractivity (Wildman–Crippen MR) is 62.5 cm³/mol. The minimum atomic E-state index is -1.09. The maximum absolute atomic E-state index is 13.6. The molecule has 0 amide bonds. The van der Waals surface area contributed by atoms with Gasteiger partial charge in [0.25, 0.3) is 0 Å². The number of aliphatic hydroxyl groups is 1. The van der Waals surface area contributed by atoms with E-state index in [0.29, 0.717) is 30.3 Å². The van der Waals surface area contributed by atoms with Crippen LogP contribution in [-0.2, 0) is 0 Å². The van der Waals surface area contributed by atoms with Crippen molar-refractivity contribution in [3.8, 4) is 11.5 Å². The highest BCUT2D eigenvalue weighted by Gasteiger charge is 2.21. The van der Waals surface area contributed by atoms with Crippen LogP contribution in [0.5, 0.6) is 11.5 Å². The highest BCUT2D eigenvalue weighted by Crippen LogP contribution is 2.38. The summed E-state index contributed by atoms with van der Waals surface area (Å²) in [5, 5.41) is 9.20. The number of hydrogen-bond acceptors (Lipinski definition) is 3. The van der Waals surface area contributed by atoms with E-state index in [1.165, 1.54) is 6.92 Å². The van der Waals surface area contributed by atoms with Crippen LogP contribution in [0.2, 0.25) is 0 Å². The molecule has 0 aromatic heterocycles. The van der Waals surface area contributed by atoms with Crippen LogP contribution in [0.4, 0.5) is 4.39 Å². The Morgan fingerprint density at radius 3 is 2.18 bits per heavy atom. The van der Waals surface area contributed by atoms with Crippen LogP contribution in [-0.4, -0.2) is 24.9 Å². The summed E-state index contributed by atoms with van der Waals surface area (Å²) in [5.74, 6) is 1.11. The minimum absolute atomic E-state index is 0.0145. The number of halogens is 1. The van der Waals surface area contributed by atoms with E-state index in [2.05, 4.69) is 0 Å².